The number of para-hydroxylation sites is 2. The van der Waals surface area contributed by atoms with Crippen LogP contribution in [0.2, 0.25) is 5.02 Å². The molecule has 0 atom stereocenters. The SMILES string of the molecule is CN(Cc1ccc(F)cc1Cl)c1ccccc1N. The zero-order valence-corrected chi connectivity index (χ0v) is 10.8. The van der Waals surface area contributed by atoms with Gasteiger partial charge >= 0.3 is 0 Å². The van der Waals surface area contributed by atoms with Crippen molar-refractivity contribution in [2.24, 2.45) is 0 Å². The molecule has 2 N–H and O–H groups in total. The highest BCUT2D eigenvalue weighted by Crippen LogP contribution is 2.25. The third-order valence-electron chi connectivity index (χ3n) is 2.77. The number of hydrogen-bond donors (Lipinski definition) is 1. The number of halogens is 2. The van der Waals surface area contributed by atoms with Gasteiger partial charge in [-0.3, -0.25) is 0 Å². The van der Waals surface area contributed by atoms with E-state index in [0.29, 0.717) is 17.3 Å². The topological polar surface area (TPSA) is 29.3 Å². The van der Waals surface area contributed by atoms with E-state index in [0.717, 1.165) is 11.3 Å². The van der Waals surface area contributed by atoms with E-state index in [9.17, 15) is 4.39 Å². The lowest BCUT2D eigenvalue weighted by Crippen LogP contribution is -2.18. The van der Waals surface area contributed by atoms with Crippen LogP contribution in [-0.4, -0.2) is 7.05 Å². The van der Waals surface area contributed by atoms with Crippen molar-refractivity contribution < 1.29 is 4.39 Å². The number of nitrogen functional groups attached to an aromatic ring is 1. The summed E-state index contributed by atoms with van der Waals surface area (Å²) in [7, 11) is 1.92. The minimum absolute atomic E-state index is 0.328. The fourth-order valence-electron chi connectivity index (χ4n) is 1.83. The van der Waals surface area contributed by atoms with Crippen molar-refractivity contribution in [3.05, 3.63) is 58.9 Å². The Labute approximate surface area is 111 Å². The van der Waals surface area contributed by atoms with Gasteiger partial charge in [0.15, 0.2) is 0 Å². The van der Waals surface area contributed by atoms with Gasteiger partial charge in [0, 0.05) is 18.6 Å². The third kappa shape index (κ3) is 2.74. The Morgan fingerprint density at radius 3 is 2.61 bits per heavy atom. The van der Waals surface area contributed by atoms with Crippen molar-refractivity contribution >= 4 is 23.0 Å². The standard InChI is InChI=1S/C14H14ClFN2/c1-18(14-5-3-2-4-13(14)17)9-10-6-7-11(16)8-12(10)15/h2-8H,9,17H2,1H3. The summed E-state index contributed by atoms with van der Waals surface area (Å²) in [6.07, 6.45) is 0. The van der Waals surface area contributed by atoms with Gasteiger partial charge in [-0.1, -0.05) is 29.8 Å². The summed E-state index contributed by atoms with van der Waals surface area (Å²) in [5, 5.41) is 0.427. The molecule has 0 amide bonds. The van der Waals surface area contributed by atoms with Gasteiger partial charge in [0.1, 0.15) is 5.82 Å². The lowest BCUT2D eigenvalue weighted by molar-refractivity contribution is 0.627. The first-order chi connectivity index (χ1) is 8.58. The van der Waals surface area contributed by atoms with Crippen LogP contribution in [0, 0.1) is 5.82 Å². The number of nitrogens with two attached hydrogens (primary N) is 1. The first kappa shape index (κ1) is 12.7. The Morgan fingerprint density at radius 1 is 1.22 bits per heavy atom. The molecule has 0 saturated carbocycles. The Hall–Kier alpha value is -1.74. The first-order valence-electron chi connectivity index (χ1n) is 5.57. The van der Waals surface area contributed by atoms with Gasteiger partial charge in [-0.25, -0.2) is 4.39 Å². The Kier molecular flexibility index (Phi) is 3.72. The molecule has 0 bridgehead atoms. The Bertz CT molecular complexity index is 557. The smallest absolute Gasteiger partial charge is 0.124 e. The van der Waals surface area contributed by atoms with Crippen LogP contribution in [0.25, 0.3) is 0 Å². The summed E-state index contributed by atoms with van der Waals surface area (Å²) < 4.78 is 13.0. The maximum atomic E-state index is 13.0. The Morgan fingerprint density at radius 2 is 1.94 bits per heavy atom. The van der Waals surface area contributed by atoms with E-state index >= 15 is 0 Å². The van der Waals surface area contributed by atoms with Gasteiger partial charge in [0.2, 0.25) is 0 Å². The monoisotopic (exact) mass is 264 g/mol. The van der Waals surface area contributed by atoms with Crippen molar-refractivity contribution in [1.29, 1.82) is 0 Å². The van der Waals surface area contributed by atoms with Gasteiger partial charge in [0.25, 0.3) is 0 Å². The van der Waals surface area contributed by atoms with Crippen LogP contribution in [0.4, 0.5) is 15.8 Å². The number of nitrogens with zero attached hydrogens (tertiary/aromatic N) is 1. The summed E-state index contributed by atoms with van der Waals surface area (Å²) in [6.45, 7) is 0.577. The fourth-order valence-corrected chi connectivity index (χ4v) is 2.05. The van der Waals surface area contributed by atoms with Crippen molar-refractivity contribution in [1.82, 2.24) is 0 Å². The van der Waals surface area contributed by atoms with E-state index in [4.69, 9.17) is 17.3 Å². The quantitative estimate of drug-likeness (QED) is 0.857. The molecule has 0 aliphatic heterocycles. The van der Waals surface area contributed by atoms with E-state index in [1.807, 2.05) is 36.2 Å². The minimum Gasteiger partial charge on any atom is -0.397 e. The normalized spacial score (nSPS) is 10.4. The number of rotatable bonds is 3. The molecule has 0 heterocycles. The van der Waals surface area contributed by atoms with Crippen LogP contribution in [0.1, 0.15) is 5.56 Å². The molecule has 2 aromatic carbocycles. The molecule has 18 heavy (non-hydrogen) atoms. The van der Waals surface area contributed by atoms with Crippen LogP contribution in [0.5, 0.6) is 0 Å². The van der Waals surface area contributed by atoms with E-state index < -0.39 is 0 Å². The minimum atomic E-state index is -0.328. The maximum Gasteiger partial charge on any atom is 0.124 e. The number of anilines is 2. The Balaban J connectivity index is 2.21. The summed E-state index contributed by atoms with van der Waals surface area (Å²) in [6, 6.07) is 12.0. The van der Waals surface area contributed by atoms with Crippen molar-refractivity contribution in [2.75, 3.05) is 17.7 Å². The molecule has 0 aliphatic rings. The van der Waals surface area contributed by atoms with Gasteiger partial charge in [0.05, 0.1) is 11.4 Å². The molecule has 94 valence electrons. The van der Waals surface area contributed by atoms with Crippen LogP contribution in [-0.2, 0) is 6.54 Å². The highest BCUT2D eigenvalue weighted by molar-refractivity contribution is 6.31. The number of benzene rings is 2. The second-order valence-corrected chi connectivity index (χ2v) is 4.56. The van der Waals surface area contributed by atoms with Crippen molar-refractivity contribution in [3.63, 3.8) is 0 Å². The average molecular weight is 265 g/mol. The molecule has 0 saturated heterocycles. The van der Waals surface area contributed by atoms with Crippen LogP contribution in [0.15, 0.2) is 42.5 Å². The van der Waals surface area contributed by atoms with Gasteiger partial charge in [-0.15, -0.1) is 0 Å². The zero-order valence-electron chi connectivity index (χ0n) is 10.0. The molecule has 0 aliphatic carbocycles. The van der Waals surface area contributed by atoms with Gasteiger partial charge in [-0.2, -0.15) is 0 Å². The van der Waals surface area contributed by atoms with Crippen molar-refractivity contribution in [3.8, 4) is 0 Å². The third-order valence-corrected chi connectivity index (χ3v) is 3.12. The fraction of sp³-hybridized carbons (Fsp3) is 0.143. The molecule has 0 fully saturated rings. The molecule has 2 rings (SSSR count). The maximum absolute atomic E-state index is 13.0. The van der Waals surface area contributed by atoms with E-state index in [-0.39, 0.29) is 5.82 Å². The molecule has 4 heteroatoms. The molecular formula is C14H14ClFN2. The van der Waals surface area contributed by atoms with Gasteiger partial charge in [-0.05, 0) is 29.8 Å². The highest BCUT2D eigenvalue weighted by Gasteiger charge is 2.08. The second kappa shape index (κ2) is 5.27. The lowest BCUT2D eigenvalue weighted by Gasteiger charge is -2.21. The number of hydrogen-bond acceptors (Lipinski definition) is 2. The summed E-state index contributed by atoms with van der Waals surface area (Å²) >= 11 is 6.00. The van der Waals surface area contributed by atoms with Crippen LogP contribution in [0.3, 0.4) is 0 Å². The largest absolute Gasteiger partial charge is 0.397 e. The second-order valence-electron chi connectivity index (χ2n) is 4.15. The summed E-state index contributed by atoms with van der Waals surface area (Å²) in [5.41, 5.74) is 8.40. The van der Waals surface area contributed by atoms with Crippen LogP contribution < -0.4 is 10.6 Å². The van der Waals surface area contributed by atoms with Gasteiger partial charge < -0.3 is 10.6 Å². The van der Waals surface area contributed by atoms with Crippen molar-refractivity contribution in [2.45, 2.75) is 6.54 Å². The lowest BCUT2D eigenvalue weighted by atomic mass is 10.2. The molecule has 2 aromatic rings. The molecule has 0 radical (unpaired) electrons. The molecular weight excluding hydrogens is 251 g/mol. The molecule has 0 aromatic heterocycles. The highest BCUT2D eigenvalue weighted by atomic mass is 35.5. The zero-order chi connectivity index (χ0) is 13.1. The van der Waals surface area contributed by atoms with E-state index in [1.165, 1.54) is 12.1 Å². The van der Waals surface area contributed by atoms with Crippen LogP contribution >= 0.6 is 11.6 Å². The average Bonchev–Trinajstić information content (AvgIpc) is 2.33. The van der Waals surface area contributed by atoms with E-state index in [2.05, 4.69) is 0 Å². The molecule has 2 nitrogen and oxygen atoms in total. The summed E-state index contributed by atoms with van der Waals surface area (Å²) in [4.78, 5) is 1.98. The molecule has 0 spiro atoms. The molecule has 0 unspecified atom stereocenters. The summed E-state index contributed by atoms with van der Waals surface area (Å²) in [5.74, 6) is -0.328. The predicted octanol–water partition coefficient (Wildman–Crippen LogP) is 3.70. The van der Waals surface area contributed by atoms with E-state index in [1.54, 1.807) is 6.07 Å². The first-order valence-corrected chi connectivity index (χ1v) is 5.95. The predicted molar refractivity (Wildman–Crippen MR) is 74.4 cm³/mol.